The second-order valence-electron chi connectivity index (χ2n) is 7.84. The van der Waals surface area contributed by atoms with Crippen molar-refractivity contribution >= 4 is 40.2 Å². The van der Waals surface area contributed by atoms with E-state index in [4.69, 9.17) is 16.3 Å². The molecule has 0 aliphatic heterocycles. The number of anilines is 3. The molecule has 0 unspecified atom stereocenters. The third kappa shape index (κ3) is 5.54. The predicted octanol–water partition coefficient (Wildman–Crippen LogP) is 4.86. The van der Waals surface area contributed by atoms with E-state index in [9.17, 15) is 4.79 Å². The first-order valence-corrected chi connectivity index (χ1v) is 11.0. The molecule has 0 atom stereocenters. The molecule has 0 aliphatic carbocycles. The molecule has 2 N–H and O–H groups in total. The number of likely N-dealkylation sites (N-methyl/N-ethyl adjacent to an activating group) is 1. The van der Waals surface area contributed by atoms with Crippen LogP contribution in [0.15, 0.2) is 73.7 Å². The Kier molecular flexibility index (Phi) is 7.10. The Morgan fingerprint density at radius 3 is 2.79 bits per heavy atom. The Balaban J connectivity index is 1.61. The minimum absolute atomic E-state index is 0.321. The van der Waals surface area contributed by atoms with Gasteiger partial charge in [0.15, 0.2) is 0 Å². The number of nitrogens with one attached hydrogen (secondary N) is 2. The van der Waals surface area contributed by atoms with Crippen molar-refractivity contribution in [3.05, 3.63) is 78.7 Å². The molecule has 1 amide bonds. The molecule has 9 heteroatoms. The standard InChI is InChI=1S/C25H25ClN6O2/c1-4-24(33)30-21-13-19(8-9-22(21)34-11-10-31(2)3)29-23-16-32-20(14-27-23)15-28-25(32)17-6-5-7-18(26)12-17/h4-9,12-16,29H,1,10-11H2,2-3H3,(H,30,33). The maximum atomic E-state index is 12.0. The normalized spacial score (nSPS) is 10.9. The van der Waals surface area contributed by atoms with Gasteiger partial charge in [0, 0.05) is 22.8 Å². The van der Waals surface area contributed by atoms with Gasteiger partial charge in [0.2, 0.25) is 5.91 Å². The average Bonchev–Trinajstić information content (AvgIpc) is 3.23. The summed E-state index contributed by atoms with van der Waals surface area (Å²) in [6, 6.07) is 13.0. The monoisotopic (exact) mass is 476 g/mol. The molecule has 2 aromatic carbocycles. The number of amides is 1. The summed E-state index contributed by atoms with van der Waals surface area (Å²) >= 11 is 6.16. The van der Waals surface area contributed by atoms with Gasteiger partial charge in [0.1, 0.15) is 24.0 Å². The Bertz CT molecular complexity index is 1330. The first kappa shape index (κ1) is 23.3. The Labute approximate surface area is 202 Å². The lowest BCUT2D eigenvalue weighted by molar-refractivity contribution is -0.111. The molecule has 2 aromatic heterocycles. The molecule has 8 nitrogen and oxygen atoms in total. The summed E-state index contributed by atoms with van der Waals surface area (Å²) in [5.74, 6) is 1.62. The average molecular weight is 477 g/mol. The molecule has 0 bridgehead atoms. The summed E-state index contributed by atoms with van der Waals surface area (Å²) in [4.78, 5) is 23.0. The number of nitrogens with zero attached hydrogens (tertiary/aromatic N) is 4. The van der Waals surface area contributed by atoms with Gasteiger partial charge in [-0.05, 0) is 50.5 Å². The van der Waals surface area contributed by atoms with Gasteiger partial charge in [0.05, 0.1) is 29.8 Å². The van der Waals surface area contributed by atoms with Crippen LogP contribution < -0.4 is 15.4 Å². The van der Waals surface area contributed by atoms with Crippen LogP contribution in [-0.4, -0.2) is 52.4 Å². The molecule has 0 saturated heterocycles. The van der Waals surface area contributed by atoms with Crippen LogP contribution in [0, 0.1) is 0 Å². The summed E-state index contributed by atoms with van der Waals surface area (Å²) < 4.78 is 7.81. The zero-order valence-corrected chi connectivity index (χ0v) is 19.7. The molecule has 0 radical (unpaired) electrons. The third-order valence-electron chi connectivity index (χ3n) is 4.99. The quantitative estimate of drug-likeness (QED) is 0.336. The first-order chi connectivity index (χ1) is 16.4. The lowest BCUT2D eigenvalue weighted by atomic mass is 10.2. The zero-order valence-electron chi connectivity index (χ0n) is 19.0. The summed E-state index contributed by atoms with van der Waals surface area (Å²) in [6.07, 6.45) is 6.58. The lowest BCUT2D eigenvalue weighted by Crippen LogP contribution is -2.20. The van der Waals surface area contributed by atoms with Gasteiger partial charge in [-0.2, -0.15) is 0 Å². The van der Waals surface area contributed by atoms with Gasteiger partial charge in [0.25, 0.3) is 0 Å². The highest BCUT2D eigenvalue weighted by atomic mass is 35.5. The lowest BCUT2D eigenvalue weighted by Gasteiger charge is -2.16. The number of imidazole rings is 1. The second kappa shape index (κ2) is 10.4. The van der Waals surface area contributed by atoms with Crippen LogP contribution in [-0.2, 0) is 4.79 Å². The topological polar surface area (TPSA) is 83.8 Å². The number of hydrogen-bond donors (Lipinski definition) is 2. The van der Waals surface area contributed by atoms with E-state index >= 15 is 0 Å². The van der Waals surface area contributed by atoms with E-state index in [0.29, 0.717) is 28.9 Å². The van der Waals surface area contributed by atoms with Crippen LogP contribution in [0.2, 0.25) is 5.02 Å². The number of ether oxygens (including phenoxy) is 1. The molecule has 4 aromatic rings. The molecule has 0 saturated carbocycles. The Hall–Kier alpha value is -3.88. The molecule has 2 heterocycles. The number of hydrogen-bond acceptors (Lipinski definition) is 6. The fourth-order valence-corrected chi connectivity index (χ4v) is 3.49. The van der Waals surface area contributed by atoms with Gasteiger partial charge >= 0.3 is 0 Å². The predicted molar refractivity (Wildman–Crippen MR) is 136 cm³/mol. The van der Waals surface area contributed by atoms with Crippen LogP contribution in [0.1, 0.15) is 0 Å². The van der Waals surface area contributed by atoms with Crippen molar-refractivity contribution in [2.45, 2.75) is 0 Å². The summed E-state index contributed by atoms with van der Waals surface area (Å²) in [5, 5.41) is 6.73. The van der Waals surface area contributed by atoms with Gasteiger partial charge in [-0.3, -0.25) is 9.20 Å². The Morgan fingerprint density at radius 1 is 1.21 bits per heavy atom. The molecular weight excluding hydrogens is 452 g/mol. The van der Waals surface area contributed by atoms with E-state index in [2.05, 4.69) is 27.2 Å². The first-order valence-electron chi connectivity index (χ1n) is 10.6. The van der Waals surface area contributed by atoms with Crippen molar-refractivity contribution in [2.24, 2.45) is 0 Å². The van der Waals surface area contributed by atoms with Crippen molar-refractivity contribution < 1.29 is 9.53 Å². The van der Waals surface area contributed by atoms with E-state index in [1.54, 1.807) is 18.5 Å². The van der Waals surface area contributed by atoms with Crippen molar-refractivity contribution in [3.8, 4) is 17.1 Å². The molecule has 0 spiro atoms. The van der Waals surface area contributed by atoms with Gasteiger partial charge in [-0.1, -0.05) is 30.3 Å². The fraction of sp³-hybridized carbons (Fsp3) is 0.160. The van der Waals surface area contributed by atoms with Crippen LogP contribution in [0.25, 0.3) is 16.9 Å². The summed E-state index contributed by atoms with van der Waals surface area (Å²) in [5.41, 5.74) is 3.02. The minimum Gasteiger partial charge on any atom is -0.490 e. The minimum atomic E-state index is -0.321. The van der Waals surface area contributed by atoms with Crippen molar-refractivity contribution in [3.63, 3.8) is 0 Å². The number of carbonyl (C=O) groups is 1. The van der Waals surface area contributed by atoms with E-state index in [1.807, 2.05) is 66.0 Å². The molecule has 4 rings (SSSR count). The third-order valence-corrected chi connectivity index (χ3v) is 5.22. The number of carbonyl (C=O) groups excluding carboxylic acids is 1. The summed E-state index contributed by atoms with van der Waals surface area (Å²) in [7, 11) is 3.94. The highest BCUT2D eigenvalue weighted by Gasteiger charge is 2.11. The highest BCUT2D eigenvalue weighted by molar-refractivity contribution is 6.30. The van der Waals surface area contributed by atoms with Crippen molar-refractivity contribution in [1.29, 1.82) is 0 Å². The molecule has 0 aliphatic rings. The molecule has 174 valence electrons. The number of fused-ring (bicyclic) bond motifs is 1. The van der Waals surface area contributed by atoms with Gasteiger partial charge < -0.3 is 20.3 Å². The van der Waals surface area contributed by atoms with Crippen molar-refractivity contribution in [2.75, 3.05) is 37.9 Å². The molecule has 34 heavy (non-hydrogen) atoms. The van der Waals surface area contributed by atoms with E-state index in [-0.39, 0.29) is 5.91 Å². The molecule has 0 fully saturated rings. The van der Waals surface area contributed by atoms with Crippen LogP contribution >= 0.6 is 11.6 Å². The largest absolute Gasteiger partial charge is 0.490 e. The van der Waals surface area contributed by atoms with E-state index in [0.717, 1.165) is 29.1 Å². The molecular formula is C25H25ClN6O2. The smallest absolute Gasteiger partial charge is 0.247 e. The van der Waals surface area contributed by atoms with Gasteiger partial charge in [-0.15, -0.1) is 0 Å². The number of rotatable bonds is 9. The SMILES string of the molecule is C=CC(=O)Nc1cc(Nc2cn3c(-c4cccc(Cl)c4)ncc3cn2)ccc1OCCN(C)C. The maximum Gasteiger partial charge on any atom is 0.247 e. The van der Waals surface area contributed by atoms with Gasteiger partial charge in [-0.25, -0.2) is 9.97 Å². The van der Waals surface area contributed by atoms with Crippen LogP contribution in [0.5, 0.6) is 5.75 Å². The van der Waals surface area contributed by atoms with E-state index < -0.39 is 0 Å². The fourth-order valence-electron chi connectivity index (χ4n) is 3.30. The zero-order chi connectivity index (χ0) is 24.1. The second-order valence-corrected chi connectivity index (χ2v) is 8.28. The maximum absolute atomic E-state index is 12.0. The van der Waals surface area contributed by atoms with Crippen molar-refractivity contribution in [1.82, 2.24) is 19.3 Å². The summed E-state index contributed by atoms with van der Waals surface area (Å²) in [6.45, 7) is 4.76. The number of halogens is 1. The van der Waals surface area contributed by atoms with E-state index in [1.165, 1.54) is 6.08 Å². The number of aromatic nitrogens is 3. The number of benzene rings is 2. The van der Waals surface area contributed by atoms with Crippen LogP contribution in [0.3, 0.4) is 0 Å². The Morgan fingerprint density at radius 2 is 2.03 bits per heavy atom. The van der Waals surface area contributed by atoms with Crippen LogP contribution in [0.4, 0.5) is 17.2 Å². The highest BCUT2D eigenvalue weighted by Crippen LogP contribution is 2.30.